The molecule has 0 spiro atoms. The first-order valence-corrected chi connectivity index (χ1v) is 10.8. The summed E-state index contributed by atoms with van der Waals surface area (Å²) in [6.45, 7) is 3.25. The lowest BCUT2D eigenvalue weighted by molar-refractivity contribution is -0.134. The van der Waals surface area contributed by atoms with Crippen LogP contribution in [0, 0.1) is 0 Å². The number of imide groups is 1. The molecule has 186 valence electrons. The molecule has 1 aliphatic heterocycles. The fraction of sp³-hybridized carbons (Fsp3) is 0.500. The van der Waals surface area contributed by atoms with Crippen LogP contribution in [-0.2, 0) is 28.6 Å². The van der Waals surface area contributed by atoms with E-state index in [4.69, 9.17) is 19.9 Å². The Morgan fingerprint density at radius 3 is 2.29 bits per heavy atom. The molecule has 1 heterocycles. The number of hydrogen-bond donors (Lipinski definition) is 3. The Morgan fingerprint density at radius 2 is 1.68 bits per heavy atom. The molecule has 34 heavy (non-hydrogen) atoms. The second-order valence-corrected chi connectivity index (χ2v) is 7.11. The molecular weight excluding hydrogens is 448 g/mol. The minimum Gasteiger partial charge on any atom is -0.382 e. The summed E-state index contributed by atoms with van der Waals surface area (Å²) >= 11 is 0. The van der Waals surface area contributed by atoms with Crippen LogP contribution in [-0.4, -0.2) is 101 Å². The topological polar surface area (TPSA) is 166 Å². The molecule has 1 unspecified atom stereocenters. The van der Waals surface area contributed by atoms with Crippen molar-refractivity contribution in [2.45, 2.75) is 12.5 Å². The van der Waals surface area contributed by atoms with Gasteiger partial charge in [0.15, 0.2) is 11.8 Å². The Morgan fingerprint density at radius 1 is 1.03 bits per heavy atom. The van der Waals surface area contributed by atoms with Gasteiger partial charge in [-0.15, -0.1) is 0 Å². The molecule has 12 heteroatoms. The summed E-state index contributed by atoms with van der Waals surface area (Å²) in [6, 6.07) is 2.91. The molecule has 12 nitrogen and oxygen atoms in total. The van der Waals surface area contributed by atoms with Crippen molar-refractivity contribution < 1.29 is 38.2 Å². The Bertz CT molecular complexity index is 892. The molecular formula is C22H30N4O8. The highest BCUT2D eigenvalue weighted by Gasteiger charge is 2.46. The van der Waals surface area contributed by atoms with Crippen molar-refractivity contribution in [2.75, 3.05) is 65.1 Å². The molecule has 0 bridgehead atoms. The first-order valence-electron chi connectivity index (χ1n) is 10.8. The number of nitrogens with two attached hydrogens (primary N) is 1. The number of aldehydes is 1. The number of ether oxygens (including phenoxy) is 3. The maximum atomic E-state index is 13.1. The smallest absolute Gasteiger partial charge is 0.264 e. The van der Waals surface area contributed by atoms with E-state index in [0.717, 1.165) is 0 Å². The van der Waals surface area contributed by atoms with Crippen LogP contribution in [0.15, 0.2) is 18.2 Å². The van der Waals surface area contributed by atoms with E-state index in [1.807, 2.05) is 0 Å². The Hall–Kier alpha value is -3.19. The van der Waals surface area contributed by atoms with E-state index >= 15 is 0 Å². The van der Waals surface area contributed by atoms with E-state index < -0.39 is 36.0 Å². The fourth-order valence-electron chi connectivity index (χ4n) is 3.31. The highest BCUT2D eigenvalue weighted by molar-refractivity contribution is 6.28. The fourth-order valence-corrected chi connectivity index (χ4v) is 3.31. The number of benzene rings is 1. The molecule has 0 radical (unpaired) electrons. The van der Waals surface area contributed by atoms with Crippen molar-refractivity contribution in [1.29, 1.82) is 0 Å². The molecule has 4 N–H and O–H groups in total. The van der Waals surface area contributed by atoms with Gasteiger partial charge in [-0.25, -0.2) is 0 Å². The van der Waals surface area contributed by atoms with Crippen molar-refractivity contribution in [1.82, 2.24) is 10.2 Å². The summed E-state index contributed by atoms with van der Waals surface area (Å²) in [5, 5.41) is 5.30. The Labute approximate surface area is 197 Å². The highest BCUT2D eigenvalue weighted by Crippen LogP contribution is 2.31. The van der Waals surface area contributed by atoms with Crippen LogP contribution in [0.25, 0.3) is 0 Å². The van der Waals surface area contributed by atoms with Crippen LogP contribution in [0.3, 0.4) is 0 Å². The van der Waals surface area contributed by atoms with Gasteiger partial charge in [0.05, 0.1) is 57.2 Å². The number of fused-ring (bicyclic) bond motifs is 1. The summed E-state index contributed by atoms with van der Waals surface area (Å²) in [4.78, 5) is 62.0. The van der Waals surface area contributed by atoms with Gasteiger partial charge in [0.1, 0.15) is 6.29 Å². The molecule has 1 aromatic rings. The average Bonchev–Trinajstić information content (AvgIpc) is 3.08. The lowest BCUT2D eigenvalue weighted by atomic mass is 10.1. The Kier molecular flexibility index (Phi) is 11.3. The van der Waals surface area contributed by atoms with Gasteiger partial charge >= 0.3 is 0 Å². The number of nitrogens with one attached hydrogen (secondary N) is 2. The molecule has 0 fully saturated rings. The summed E-state index contributed by atoms with van der Waals surface area (Å²) in [7, 11) is 1.27. The third-order valence-electron chi connectivity index (χ3n) is 4.86. The van der Waals surface area contributed by atoms with Crippen molar-refractivity contribution >= 4 is 35.5 Å². The van der Waals surface area contributed by atoms with Crippen LogP contribution in [0.2, 0.25) is 0 Å². The summed E-state index contributed by atoms with van der Waals surface area (Å²) < 4.78 is 16.0. The quantitative estimate of drug-likeness (QED) is 0.109. The van der Waals surface area contributed by atoms with Crippen LogP contribution >= 0.6 is 0 Å². The van der Waals surface area contributed by atoms with Crippen LogP contribution in [0.1, 0.15) is 27.1 Å². The lowest BCUT2D eigenvalue weighted by Gasteiger charge is -2.23. The van der Waals surface area contributed by atoms with Gasteiger partial charge in [-0.05, 0) is 12.1 Å². The number of carbonyl (C=O) groups excluding carboxylic acids is 5. The molecule has 3 amide bonds. The predicted molar refractivity (Wildman–Crippen MR) is 120 cm³/mol. The van der Waals surface area contributed by atoms with E-state index in [-0.39, 0.29) is 11.1 Å². The second kappa shape index (κ2) is 14.2. The van der Waals surface area contributed by atoms with Crippen molar-refractivity contribution in [3.8, 4) is 0 Å². The standard InChI is InChI=1S/C22H30N4O8/c1-24-20(29)19(17(28)5-8-27)26-21(30)15-3-2-4-16(18(15)22(26)31)25-7-10-33-12-14-34-13-11-32-9-6-23/h2-4,8,19,25H,5-7,9-14,23H2,1H3,(H,24,29). The number of amides is 3. The number of hydrogen-bond acceptors (Lipinski definition) is 10. The molecule has 0 saturated carbocycles. The third kappa shape index (κ3) is 6.90. The van der Waals surface area contributed by atoms with Gasteiger partial charge in [0.25, 0.3) is 17.7 Å². The number of anilines is 1. The Balaban J connectivity index is 1.94. The number of likely N-dealkylation sites (N-methyl/N-ethyl adjacent to an activating group) is 1. The van der Waals surface area contributed by atoms with E-state index in [0.29, 0.717) is 69.6 Å². The molecule has 1 aromatic carbocycles. The largest absolute Gasteiger partial charge is 0.382 e. The number of nitrogens with zero attached hydrogens (tertiary/aromatic N) is 1. The van der Waals surface area contributed by atoms with Gasteiger partial charge in [-0.3, -0.25) is 24.1 Å². The monoisotopic (exact) mass is 478 g/mol. The maximum absolute atomic E-state index is 13.1. The second-order valence-electron chi connectivity index (χ2n) is 7.11. The van der Waals surface area contributed by atoms with Gasteiger partial charge in [0, 0.05) is 25.8 Å². The van der Waals surface area contributed by atoms with Crippen molar-refractivity contribution in [3.63, 3.8) is 0 Å². The van der Waals surface area contributed by atoms with Crippen LogP contribution in [0.5, 0.6) is 0 Å². The van der Waals surface area contributed by atoms with Crippen LogP contribution in [0.4, 0.5) is 5.69 Å². The first-order chi connectivity index (χ1) is 16.5. The van der Waals surface area contributed by atoms with Crippen molar-refractivity contribution in [2.24, 2.45) is 5.73 Å². The van der Waals surface area contributed by atoms with Gasteiger partial charge in [0.2, 0.25) is 0 Å². The SMILES string of the molecule is CNC(=O)C(C(=O)CC=O)N1C(=O)c2cccc(NCCOCCOCCOCCN)c2C1=O. The summed E-state index contributed by atoms with van der Waals surface area (Å²) in [5.74, 6) is -3.26. The molecule has 0 saturated heterocycles. The molecule has 1 atom stereocenters. The zero-order valence-corrected chi connectivity index (χ0v) is 19.0. The molecule has 1 aliphatic rings. The molecule has 0 aliphatic carbocycles. The van der Waals surface area contributed by atoms with Crippen LogP contribution < -0.4 is 16.4 Å². The number of Topliss-reactive ketones (excluding diaryl/α,β-unsaturated/α-hetero) is 1. The molecule has 2 rings (SSSR count). The highest BCUT2D eigenvalue weighted by atomic mass is 16.5. The van der Waals surface area contributed by atoms with Gasteiger partial charge in [-0.1, -0.05) is 6.07 Å². The predicted octanol–water partition coefficient (Wildman–Crippen LogP) is -1.02. The lowest BCUT2D eigenvalue weighted by Crippen LogP contribution is -2.53. The van der Waals surface area contributed by atoms with E-state index in [1.165, 1.54) is 13.1 Å². The number of ketones is 1. The van der Waals surface area contributed by atoms with Crippen molar-refractivity contribution in [3.05, 3.63) is 29.3 Å². The normalized spacial score (nSPS) is 13.5. The van der Waals surface area contributed by atoms with E-state index in [9.17, 15) is 24.0 Å². The zero-order valence-electron chi connectivity index (χ0n) is 19.0. The molecule has 0 aromatic heterocycles. The van der Waals surface area contributed by atoms with E-state index in [1.54, 1.807) is 12.1 Å². The van der Waals surface area contributed by atoms with Gasteiger partial charge < -0.3 is 35.4 Å². The van der Waals surface area contributed by atoms with E-state index in [2.05, 4.69) is 10.6 Å². The average molecular weight is 479 g/mol. The number of carbonyl (C=O) groups is 5. The minimum absolute atomic E-state index is 0.0566. The zero-order chi connectivity index (χ0) is 24.9. The maximum Gasteiger partial charge on any atom is 0.264 e. The summed E-state index contributed by atoms with van der Waals surface area (Å²) in [6.07, 6.45) is -0.275. The summed E-state index contributed by atoms with van der Waals surface area (Å²) in [5.41, 5.74) is 5.80. The van der Waals surface area contributed by atoms with Gasteiger partial charge in [-0.2, -0.15) is 0 Å². The number of rotatable bonds is 17. The third-order valence-corrected chi connectivity index (χ3v) is 4.86. The minimum atomic E-state index is -1.72. The first kappa shape index (κ1) is 27.1.